The van der Waals surface area contributed by atoms with Gasteiger partial charge in [-0.05, 0) is 12.0 Å². The number of nitrogens with two attached hydrogens (primary N) is 1. The minimum absolute atomic E-state index is 0.0603. The molecule has 2 saturated heterocycles. The summed E-state index contributed by atoms with van der Waals surface area (Å²) in [7, 11) is 0. The monoisotopic (exact) mass is 428 g/mol. The molecule has 0 spiro atoms. The summed E-state index contributed by atoms with van der Waals surface area (Å²) in [5.41, 5.74) is 6.66. The Kier molecular flexibility index (Phi) is 4.89. The van der Waals surface area contributed by atoms with Gasteiger partial charge in [0, 0.05) is 19.0 Å². The maximum absolute atomic E-state index is 12.5. The fraction of sp³-hybridized carbons (Fsp3) is 0.450. The molecule has 0 bridgehead atoms. The zero-order chi connectivity index (χ0) is 21.7. The summed E-state index contributed by atoms with van der Waals surface area (Å²) in [6.45, 7) is 0.854. The Balaban J connectivity index is 1.59. The quantitative estimate of drug-likeness (QED) is 0.362. The van der Waals surface area contributed by atoms with E-state index in [1.54, 1.807) is 0 Å². The van der Waals surface area contributed by atoms with E-state index >= 15 is 0 Å². The third kappa shape index (κ3) is 3.26. The number of nitrogen functional groups attached to an aromatic ring is 1. The van der Waals surface area contributed by atoms with Gasteiger partial charge in [0.2, 0.25) is 11.9 Å². The average Bonchev–Trinajstić information content (AvgIpc) is 3.46. The van der Waals surface area contributed by atoms with Crippen LogP contribution >= 0.6 is 0 Å². The molecule has 2 fully saturated rings. The van der Waals surface area contributed by atoms with E-state index in [2.05, 4.69) is 27.1 Å². The topological polar surface area (TPSA) is 163 Å². The molecule has 0 unspecified atom stereocenters. The molecule has 3 aromatic rings. The summed E-state index contributed by atoms with van der Waals surface area (Å²) >= 11 is 0. The van der Waals surface area contributed by atoms with Crippen LogP contribution in [0, 0.1) is 0 Å². The molecule has 11 heteroatoms. The van der Waals surface area contributed by atoms with Gasteiger partial charge < -0.3 is 30.7 Å². The van der Waals surface area contributed by atoms with Gasteiger partial charge in [-0.3, -0.25) is 14.3 Å². The van der Waals surface area contributed by atoms with Crippen molar-refractivity contribution in [2.24, 2.45) is 0 Å². The first kappa shape index (κ1) is 19.9. The normalized spacial score (nSPS) is 28.6. The first-order valence-corrected chi connectivity index (χ1v) is 10.2. The van der Waals surface area contributed by atoms with E-state index in [9.17, 15) is 20.1 Å². The van der Waals surface area contributed by atoms with Crippen LogP contribution in [0.4, 0.5) is 11.9 Å². The number of fused-ring (bicyclic) bond motifs is 1. The molecule has 31 heavy (non-hydrogen) atoms. The standard InChI is InChI=1S/C20H24N6O5/c21-19-23-16-13(17(30)24-19)22-20(26(16)18-15(29)14(28)12(9-27)31-18)25-7-6-11(8-25)10-4-2-1-3-5-10/h1-5,11-12,14-15,18,27-29H,6-9H2,(H3,21,23,24,30)/t11-,12+,14-,15-,18+/m0/s1. The van der Waals surface area contributed by atoms with Gasteiger partial charge in [-0.2, -0.15) is 4.98 Å². The minimum Gasteiger partial charge on any atom is -0.394 e. The second-order valence-electron chi connectivity index (χ2n) is 7.98. The Morgan fingerprint density at radius 2 is 1.97 bits per heavy atom. The molecule has 164 valence electrons. The Labute approximate surface area is 176 Å². The molecular formula is C20H24N6O5. The highest BCUT2D eigenvalue weighted by Gasteiger charge is 2.46. The molecule has 2 aliphatic heterocycles. The summed E-state index contributed by atoms with van der Waals surface area (Å²) in [5, 5.41) is 30.4. The number of nitrogens with zero attached hydrogens (tertiary/aromatic N) is 4. The smallest absolute Gasteiger partial charge is 0.280 e. The Bertz CT molecular complexity index is 1150. The zero-order valence-electron chi connectivity index (χ0n) is 16.6. The van der Waals surface area contributed by atoms with Gasteiger partial charge in [0.05, 0.1) is 6.61 Å². The SMILES string of the molecule is Nc1nc2c(nc(N3CC[C@H](c4ccccc4)C3)n2[C@@H]2O[C@H](CO)[C@H](O)[C@@H]2O)c(=O)[nH]1. The van der Waals surface area contributed by atoms with Crippen molar-refractivity contribution in [3.8, 4) is 0 Å². The summed E-state index contributed by atoms with van der Waals surface area (Å²) in [6, 6.07) is 10.1. The van der Waals surface area contributed by atoms with Crippen LogP contribution in [-0.2, 0) is 4.74 Å². The summed E-state index contributed by atoms with van der Waals surface area (Å²) < 4.78 is 7.23. The Morgan fingerprint density at radius 1 is 1.19 bits per heavy atom. The third-order valence-corrected chi connectivity index (χ3v) is 6.06. The van der Waals surface area contributed by atoms with Crippen molar-refractivity contribution in [1.29, 1.82) is 0 Å². The van der Waals surface area contributed by atoms with E-state index in [1.807, 2.05) is 23.1 Å². The fourth-order valence-electron chi connectivity index (χ4n) is 4.48. The number of anilines is 2. The van der Waals surface area contributed by atoms with E-state index in [-0.39, 0.29) is 23.0 Å². The molecule has 2 aromatic heterocycles. The molecular weight excluding hydrogens is 404 g/mol. The van der Waals surface area contributed by atoms with Crippen molar-refractivity contribution >= 4 is 23.1 Å². The van der Waals surface area contributed by atoms with E-state index < -0.39 is 36.7 Å². The van der Waals surface area contributed by atoms with Crippen molar-refractivity contribution < 1.29 is 20.1 Å². The van der Waals surface area contributed by atoms with E-state index in [1.165, 1.54) is 10.1 Å². The molecule has 4 heterocycles. The molecule has 2 aliphatic rings. The number of rotatable bonds is 4. The number of H-pyrrole nitrogens is 1. The van der Waals surface area contributed by atoms with Crippen molar-refractivity contribution in [3.63, 3.8) is 0 Å². The molecule has 11 nitrogen and oxygen atoms in total. The molecule has 1 aromatic carbocycles. The molecule has 0 radical (unpaired) electrons. The van der Waals surface area contributed by atoms with Crippen LogP contribution in [-0.4, -0.2) is 72.8 Å². The van der Waals surface area contributed by atoms with Crippen LogP contribution in [0.5, 0.6) is 0 Å². The summed E-state index contributed by atoms with van der Waals surface area (Å²) in [6.07, 6.45) is -3.81. The van der Waals surface area contributed by atoms with E-state index in [0.717, 1.165) is 6.42 Å². The zero-order valence-corrected chi connectivity index (χ0v) is 16.6. The summed E-state index contributed by atoms with van der Waals surface area (Å²) in [4.78, 5) is 25.7. The molecule has 0 saturated carbocycles. The number of benzene rings is 1. The number of nitrogens with one attached hydrogen (secondary N) is 1. The molecule has 5 atom stereocenters. The lowest BCUT2D eigenvalue weighted by molar-refractivity contribution is -0.0504. The largest absolute Gasteiger partial charge is 0.394 e. The highest BCUT2D eigenvalue weighted by molar-refractivity contribution is 5.75. The Morgan fingerprint density at radius 3 is 2.68 bits per heavy atom. The van der Waals surface area contributed by atoms with Crippen LogP contribution in [0.1, 0.15) is 24.1 Å². The van der Waals surface area contributed by atoms with Gasteiger partial charge in [0.25, 0.3) is 5.56 Å². The van der Waals surface area contributed by atoms with Gasteiger partial charge in [-0.15, -0.1) is 0 Å². The van der Waals surface area contributed by atoms with Gasteiger partial charge in [0.1, 0.15) is 18.3 Å². The lowest BCUT2D eigenvalue weighted by Crippen LogP contribution is -2.34. The van der Waals surface area contributed by atoms with E-state index in [0.29, 0.717) is 19.0 Å². The van der Waals surface area contributed by atoms with Crippen molar-refractivity contribution in [2.45, 2.75) is 36.9 Å². The van der Waals surface area contributed by atoms with Crippen LogP contribution in [0.3, 0.4) is 0 Å². The minimum atomic E-state index is -1.34. The second-order valence-corrected chi connectivity index (χ2v) is 7.98. The van der Waals surface area contributed by atoms with Crippen LogP contribution in [0.2, 0.25) is 0 Å². The predicted molar refractivity (Wildman–Crippen MR) is 112 cm³/mol. The molecule has 5 rings (SSSR count). The Hall–Kier alpha value is -2.99. The highest BCUT2D eigenvalue weighted by Crippen LogP contribution is 2.37. The maximum atomic E-state index is 12.5. The molecule has 0 amide bonds. The van der Waals surface area contributed by atoms with Gasteiger partial charge in [0.15, 0.2) is 17.4 Å². The fourth-order valence-corrected chi connectivity index (χ4v) is 4.48. The molecule has 6 N–H and O–H groups in total. The summed E-state index contributed by atoms with van der Waals surface area (Å²) in [5.74, 6) is 0.573. The average molecular weight is 428 g/mol. The highest BCUT2D eigenvalue weighted by atomic mass is 16.6. The number of aromatic nitrogens is 4. The number of hydrogen-bond acceptors (Lipinski definition) is 9. The first-order valence-electron chi connectivity index (χ1n) is 10.2. The second kappa shape index (κ2) is 7.61. The van der Waals surface area contributed by atoms with Crippen molar-refractivity contribution in [1.82, 2.24) is 19.5 Å². The van der Waals surface area contributed by atoms with Crippen molar-refractivity contribution in [3.05, 3.63) is 46.2 Å². The predicted octanol–water partition coefficient (Wildman–Crippen LogP) is -0.693. The maximum Gasteiger partial charge on any atom is 0.280 e. The van der Waals surface area contributed by atoms with Gasteiger partial charge in [-0.25, -0.2) is 4.98 Å². The van der Waals surface area contributed by atoms with Crippen molar-refractivity contribution in [2.75, 3.05) is 30.3 Å². The number of aromatic amines is 1. The lowest BCUT2D eigenvalue weighted by atomic mass is 9.99. The number of hydrogen-bond donors (Lipinski definition) is 5. The number of imidazole rings is 1. The van der Waals surface area contributed by atoms with Crippen LogP contribution < -0.4 is 16.2 Å². The third-order valence-electron chi connectivity index (χ3n) is 6.06. The van der Waals surface area contributed by atoms with E-state index in [4.69, 9.17) is 10.5 Å². The lowest BCUT2D eigenvalue weighted by Gasteiger charge is -2.24. The van der Waals surface area contributed by atoms with Crippen LogP contribution in [0.25, 0.3) is 11.2 Å². The number of aliphatic hydroxyl groups is 3. The van der Waals surface area contributed by atoms with Gasteiger partial charge >= 0.3 is 0 Å². The number of aliphatic hydroxyl groups excluding tert-OH is 3. The first-order chi connectivity index (χ1) is 15.0. The van der Waals surface area contributed by atoms with Gasteiger partial charge in [-0.1, -0.05) is 30.3 Å². The number of ether oxygens (including phenoxy) is 1. The molecule has 0 aliphatic carbocycles. The van der Waals surface area contributed by atoms with Crippen LogP contribution in [0.15, 0.2) is 35.1 Å².